The van der Waals surface area contributed by atoms with E-state index in [0.717, 1.165) is 11.5 Å². The number of carboxylic acids is 1. The molecule has 1 atom stereocenters. The molecular formula is C10H13N3O3S. The van der Waals surface area contributed by atoms with Gasteiger partial charge in [0.15, 0.2) is 0 Å². The largest absolute Gasteiger partial charge is 0.481 e. The average molecular weight is 255 g/mol. The van der Waals surface area contributed by atoms with Crippen molar-refractivity contribution < 1.29 is 14.7 Å². The Bertz CT molecular complexity index is 457. The van der Waals surface area contributed by atoms with Gasteiger partial charge in [-0.25, -0.2) is 4.98 Å². The Balaban J connectivity index is 2.17. The number of carbonyl (C=O) groups is 2. The van der Waals surface area contributed by atoms with Gasteiger partial charge in [-0.2, -0.15) is 4.37 Å². The van der Waals surface area contributed by atoms with Crippen molar-refractivity contribution in [2.75, 3.05) is 11.4 Å². The van der Waals surface area contributed by atoms with Crippen molar-refractivity contribution in [2.45, 2.75) is 26.2 Å². The highest BCUT2D eigenvalue weighted by atomic mass is 32.1. The van der Waals surface area contributed by atoms with Gasteiger partial charge in [-0.15, -0.1) is 0 Å². The van der Waals surface area contributed by atoms with E-state index in [1.54, 1.807) is 0 Å². The van der Waals surface area contributed by atoms with E-state index in [4.69, 9.17) is 5.11 Å². The second kappa shape index (κ2) is 4.40. The van der Waals surface area contributed by atoms with E-state index in [1.807, 2.05) is 13.8 Å². The quantitative estimate of drug-likeness (QED) is 0.874. The molecular weight excluding hydrogens is 242 g/mol. The summed E-state index contributed by atoms with van der Waals surface area (Å²) in [5, 5.41) is 9.38. The molecule has 17 heavy (non-hydrogen) atoms. The Hall–Kier alpha value is -1.50. The topological polar surface area (TPSA) is 83.4 Å². The number of aliphatic carboxylic acids is 1. The molecule has 0 aromatic carbocycles. The molecule has 1 aromatic rings. The van der Waals surface area contributed by atoms with Crippen molar-refractivity contribution >= 4 is 28.5 Å². The standard InChI is InChI=1S/C10H13N3O3S/c1-5(2)8-11-10(17-12-8)13-4-6(9(15)16)3-7(13)14/h5-6H,3-4H2,1-2H3,(H,15,16). The predicted octanol–water partition coefficient (Wildman–Crippen LogP) is 1.10. The molecule has 2 heterocycles. The van der Waals surface area contributed by atoms with Crippen molar-refractivity contribution in [3.05, 3.63) is 5.82 Å². The summed E-state index contributed by atoms with van der Waals surface area (Å²) >= 11 is 1.14. The van der Waals surface area contributed by atoms with Gasteiger partial charge >= 0.3 is 5.97 Å². The number of anilines is 1. The van der Waals surface area contributed by atoms with E-state index in [0.29, 0.717) is 11.0 Å². The smallest absolute Gasteiger partial charge is 0.308 e. The van der Waals surface area contributed by atoms with Gasteiger partial charge in [0.05, 0.1) is 5.92 Å². The second-order valence-corrected chi connectivity index (χ2v) is 5.06. The number of amides is 1. The third-order valence-electron chi connectivity index (χ3n) is 2.65. The maximum atomic E-state index is 11.7. The summed E-state index contributed by atoms with van der Waals surface area (Å²) < 4.78 is 4.15. The van der Waals surface area contributed by atoms with Crippen molar-refractivity contribution in [1.29, 1.82) is 0 Å². The summed E-state index contributed by atoms with van der Waals surface area (Å²) in [6.45, 7) is 4.14. The molecule has 1 N–H and O–H groups in total. The minimum Gasteiger partial charge on any atom is -0.481 e. The molecule has 0 bridgehead atoms. The molecule has 1 aliphatic rings. The third-order valence-corrected chi connectivity index (χ3v) is 3.41. The lowest BCUT2D eigenvalue weighted by atomic mass is 10.1. The fourth-order valence-corrected chi connectivity index (χ4v) is 2.46. The Morgan fingerprint density at radius 2 is 2.29 bits per heavy atom. The minimum atomic E-state index is -0.936. The summed E-state index contributed by atoms with van der Waals surface area (Å²) in [7, 11) is 0. The van der Waals surface area contributed by atoms with Gasteiger partial charge in [0, 0.05) is 30.4 Å². The first-order valence-electron chi connectivity index (χ1n) is 5.35. The van der Waals surface area contributed by atoms with Gasteiger partial charge in [0.25, 0.3) is 0 Å². The van der Waals surface area contributed by atoms with E-state index in [2.05, 4.69) is 9.36 Å². The summed E-state index contributed by atoms with van der Waals surface area (Å²) in [5.74, 6) is -0.864. The Kier molecular flexibility index (Phi) is 3.10. The molecule has 2 rings (SSSR count). The van der Waals surface area contributed by atoms with Crippen molar-refractivity contribution in [3.63, 3.8) is 0 Å². The van der Waals surface area contributed by atoms with Crippen LogP contribution in [0.1, 0.15) is 32.0 Å². The minimum absolute atomic E-state index is 0.0475. The van der Waals surface area contributed by atoms with E-state index < -0.39 is 11.9 Å². The molecule has 1 saturated heterocycles. The zero-order valence-corrected chi connectivity index (χ0v) is 10.4. The van der Waals surface area contributed by atoms with Crippen LogP contribution >= 0.6 is 11.5 Å². The van der Waals surface area contributed by atoms with Crippen LogP contribution < -0.4 is 4.90 Å². The number of hydrogen-bond acceptors (Lipinski definition) is 5. The van der Waals surface area contributed by atoms with Crippen molar-refractivity contribution in [1.82, 2.24) is 9.36 Å². The molecule has 0 aliphatic carbocycles. The van der Waals surface area contributed by atoms with Gasteiger partial charge in [-0.1, -0.05) is 13.8 Å². The number of rotatable bonds is 3. The van der Waals surface area contributed by atoms with Crippen LogP contribution in [0.4, 0.5) is 5.13 Å². The van der Waals surface area contributed by atoms with E-state index in [-0.39, 0.29) is 24.8 Å². The lowest BCUT2D eigenvalue weighted by molar-refractivity contribution is -0.141. The fraction of sp³-hybridized carbons (Fsp3) is 0.600. The summed E-state index contributed by atoms with van der Waals surface area (Å²) in [5.41, 5.74) is 0. The second-order valence-electron chi connectivity index (χ2n) is 4.33. The highest BCUT2D eigenvalue weighted by Crippen LogP contribution is 2.28. The molecule has 1 unspecified atom stereocenters. The Morgan fingerprint density at radius 1 is 1.59 bits per heavy atom. The lowest BCUT2D eigenvalue weighted by Crippen LogP contribution is -2.25. The van der Waals surface area contributed by atoms with Crippen LogP contribution in [0.25, 0.3) is 0 Å². The van der Waals surface area contributed by atoms with Crippen LogP contribution in [-0.4, -0.2) is 32.9 Å². The Morgan fingerprint density at radius 3 is 2.76 bits per heavy atom. The van der Waals surface area contributed by atoms with Crippen molar-refractivity contribution in [2.24, 2.45) is 5.92 Å². The van der Waals surface area contributed by atoms with Crippen LogP contribution in [0, 0.1) is 5.92 Å². The van der Waals surface area contributed by atoms with E-state index in [1.165, 1.54) is 4.90 Å². The molecule has 0 saturated carbocycles. The number of aromatic nitrogens is 2. The zero-order valence-electron chi connectivity index (χ0n) is 9.58. The first-order chi connectivity index (χ1) is 7.99. The van der Waals surface area contributed by atoms with E-state index >= 15 is 0 Å². The average Bonchev–Trinajstić information content (AvgIpc) is 2.83. The molecule has 1 aromatic heterocycles. The maximum Gasteiger partial charge on any atom is 0.308 e. The van der Waals surface area contributed by atoms with Crippen LogP contribution in [0.2, 0.25) is 0 Å². The molecule has 92 valence electrons. The summed E-state index contributed by atoms with van der Waals surface area (Å²) in [6.07, 6.45) is 0.0475. The van der Waals surface area contributed by atoms with Crippen LogP contribution in [-0.2, 0) is 9.59 Å². The molecule has 7 heteroatoms. The van der Waals surface area contributed by atoms with Gasteiger partial charge in [0.1, 0.15) is 5.82 Å². The summed E-state index contributed by atoms with van der Waals surface area (Å²) in [4.78, 5) is 28.2. The number of carboxylic acid groups (broad SMARTS) is 1. The predicted molar refractivity (Wildman–Crippen MR) is 62.1 cm³/mol. The zero-order chi connectivity index (χ0) is 12.6. The van der Waals surface area contributed by atoms with Gasteiger partial charge < -0.3 is 5.11 Å². The van der Waals surface area contributed by atoms with Crippen LogP contribution in [0.3, 0.4) is 0 Å². The number of carbonyl (C=O) groups excluding carboxylic acids is 1. The first-order valence-corrected chi connectivity index (χ1v) is 6.13. The monoisotopic (exact) mass is 255 g/mol. The highest BCUT2D eigenvalue weighted by molar-refractivity contribution is 7.09. The van der Waals surface area contributed by atoms with Gasteiger partial charge in [-0.05, 0) is 0 Å². The maximum absolute atomic E-state index is 11.7. The van der Waals surface area contributed by atoms with E-state index in [9.17, 15) is 9.59 Å². The molecule has 1 amide bonds. The van der Waals surface area contributed by atoms with Crippen LogP contribution in [0.15, 0.2) is 0 Å². The Labute approximate surface area is 102 Å². The van der Waals surface area contributed by atoms with Crippen molar-refractivity contribution in [3.8, 4) is 0 Å². The molecule has 0 spiro atoms. The SMILES string of the molecule is CC(C)c1nsc(N2CC(C(=O)O)CC2=O)n1. The highest BCUT2D eigenvalue weighted by Gasteiger charge is 2.36. The third kappa shape index (κ3) is 2.28. The van der Waals surface area contributed by atoms with Crippen LogP contribution in [0.5, 0.6) is 0 Å². The number of hydrogen-bond donors (Lipinski definition) is 1. The van der Waals surface area contributed by atoms with Gasteiger partial charge in [-0.3, -0.25) is 14.5 Å². The fourth-order valence-electron chi connectivity index (χ4n) is 1.63. The lowest BCUT2D eigenvalue weighted by Gasteiger charge is -2.10. The molecule has 0 radical (unpaired) electrons. The molecule has 1 fully saturated rings. The first kappa shape index (κ1) is 12.0. The van der Waals surface area contributed by atoms with Gasteiger partial charge in [0.2, 0.25) is 11.0 Å². The normalized spacial score (nSPS) is 20.3. The molecule has 6 nitrogen and oxygen atoms in total. The molecule has 1 aliphatic heterocycles. The number of nitrogens with zero attached hydrogens (tertiary/aromatic N) is 3. The summed E-state index contributed by atoms with van der Waals surface area (Å²) in [6, 6.07) is 0.